The van der Waals surface area contributed by atoms with Crippen LogP contribution in [-0.2, 0) is 18.2 Å². The molecular formula is C15H29N3O. The summed E-state index contributed by atoms with van der Waals surface area (Å²) in [5, 5.41) is 7.68. The zero-order valence-corrected chi connectivity index (χ0v) is 13.1. The Kier molecular flexibility index (Phi) is 6.52. The molecule has 0 bridgehead atoms. The third kappa shape index (κ3) is 4.05. The van der Waals surface area contributed by atoms with Crippen molar-refractivity contribution >= 4 is 0 Å². The van der Waals surface area contributed by atoms with Crippen molar-refractivity contribution in [1.82, 2.24) is 15.1 Å². The van der Waals surface area contributed by atoms with Crippen LogP contribution in [0.2, 0.25) is 0 Å². The van der Waals surface area contributed by atoms with Crippen LogP contribution >= 0.6 is 0 Å². The molecular weight excluding hydrogens is 238 g/mol. The number of rotatable bonds is 9. The van der Waals surface area contributed by atoms with E-state index in [9.17, 15) is 0 Å². The summed E-state index contributed by atoms with van der Waals surface area (Å²) >= 11 is 0. The number of likely N-dealkylation sites (N-methyl/N-ethyl adjacent to an activating group) is 1. The molecule has 0 fully saturated rings. The molecule has 1 rings (SSSR count). The van der Waals surface area contributed by atoms with E-state index in [0.717, 1.165) is 32.3 Å². The van der Waals surface area contributed by atoms with E-state index >= 15 is 0 Å². The number of aromatic nitrogens is 2. The number of hydrogen-bond donors (Lipinski definition) is 1. The lowest BCUT2D eigenvalue weighted by Crippen LogP contribution is -2.51. The van der Waals surface area contributed by atoms with Crippen LogP contribution in [0.25, 0.3) is 0 Å². The van der Waals surface area contributed by atoms with Crippen LogP contribution in [0.3, 0.4) is 0 Å². The van der Waals surface area contributed by atoms with Crippen molar-refractivity contribution in [1.29, 1.82) is 0 Å². The molecule has 0 aliphatic rings. The number of aryl methyl sites for hydroxylation is 2. The molecule has 0 spiro atoms. The van der Waals surface area contributed by atoms with Crippen LogP contribution in [0.4, 0.5) is 0 Å². The third-order valence-corrected chi connectivity index (χ3v) is 4.09. The van der Waals surface area contributed by atoms with Gasteiger partial charge in [-0.3, -0.25) is 4.68 Å². The lowest BCUT2D eigenvalue weighted by molar-refractivity contribution is -0.0721. The van der Waals surface area contributed by atoms with Gasteiger partial charge in [0, 0.05) is 25.9 Å². The van der Waals surface area contributed by atoms with Gasteiger partial charge in [0.05, 0.1) is 11.8 Å². The number of hydrogen-bond acceptors (Lipinski definition) is 3. The van der Waals surface area contributed by atoms with E-state index in [4.69, 9.17) is 4.74 Å². The predicted octanol–water partition coefficient (Wildman–Crippen LogP) is 2.54. The molecule has 1 aromatic rings. The minimum absolute atomic E-state index is 0.0499. The molecule has 1 heterocycles. The van der Waals surface area contributed by atoms with Crippen LogP contribution < -0.4 is 5.32 Å². The second kappa shape index (κ2) is 7.65. The van der Waals surface area contributed by atoms with Gasteiger partial charge in [-0.15, -0.1) is 0 Å². The Balaban J connectivity index is 2.69. The highest BCUT2D eigenvalue weighted by atomic mass is 16.5. The molecule has 1 N–H and O–H groups in total. The molecule has 0 aliphatic carbocycles. The van der Waals surface area contributed by atoms with E-state index in [0.29, 0.717) is 6.04 Å². The molecule has 0 aromatic carbocycles. The maximum Gasteiger partial charge on any atom is 0.0829 e. The van der Waals surface area contributed by atoms with Crippen LogP contribution in [0, 0.1) is 0 Å². The topological polar surface area (TPSA) is 39.1 Å². The molecule has 1 aromatic heterocycles. The molecule has 0 amide bonds. The standard InChI is InChI=1S/C15H29N3O/c1-6-15(7-2,19-8-3)14(16-4)10-9-13-11-17-18(5)12-13/h11-12,14,16H,6-10H2,1-5H3. The van der Waals surface area contributed by atoms with Crippen molar-refractivity contribution in [2.75, 3.05) is 13.7 Å². The van der Waals surface area contributed by atoms with Crippen molar-refractivity contribution in [3.05, 3.63) is 18.0 Å². The van der Waals surface area contributed by atoms with Gasteiger partial charge in [0.1, 0.15) is 0 Å². The first-order valence-electron chi connectivity index (χ1n) is 7.40. The average Bonchev–Trinajstić information content (AvgIpc) is 2.83. The van der Waals surface area contributed by atoms with Gasteiger partial charge in [0.25, 0.3) is 0 Å². The Morgan fingerprint density at radius 3 is 2.47 bits per heavy atom. The molecule has 110 valence electrons. The van der Waals surface area contributed by atoms with Crippen LogP contribution in [0.15, 0.2) is 12.4 Å². The number of ether oxygens (including phenoxy) is 1. The molecule has 4 nitrogen and oxygen atoms in total. The highest BCUT2D eigenvalue weighted by Gasteiger charge is 2.35. The van der Waals surface area contributed by atoms with E-state index in [2.05, 4.69) is 37.4 Å². The Hall–Kier alpha value is -0.870. The van der Waals surface area contributed by atoms with Crippen molar-refractivity contribution in [3.8, 4) is 0 Å². The Labute approximate surface area is 117 Å². The van der Waals surface area contributed by atoms with Gasteiger partial charge in [-0.25, -0.2) is 0 Å². The molecule has 0 saturated heterocycles. The van der Waals surface area contributed by atoms with Gasteiger partial charge in [0.15, 0.2) is 0 Å². The third-order valence-electron chi connectivity index (χ3n) is 4.09. The fraction of sp³-hybridized carbons (Fsp3) is 0.800. The highest BCUT2D eigenvalue weighted by molar-refractivity contribution is 5.05. The quantitative estimate of drug-likeness (QED) is 0.747. The summed E-state index contributed by atoms with van der Waals surface area (Å²) in [6.07, 6.45) is 8.23. The van der Waals surface area contributed by atoms with Gasteiger partial charge >= 0.3 is 0 Å². The van der Waals surface area contributed by atoms with Crippen LogP contribution in [-0.4, -0.2) is 35.1 Å². The lowest BCUT2D eigenvalue weighted by atomic mass is 9.85. The Bertz CT molecular complexity index is 358. The average molecular weight is 267 g/mol. The Morgan fingerprint density at radius 1 is 1.37 bits per heavy atom. The van der Waals surface area contributed by atoms with Gasteiger partial charge < -0.3 is 10.1 Å². The van der Waals surface area contributed by atoms with E-state index in [-0.39, 0.29) is 5.60 Å². The SMILES string of the molecule is CCOC(CC)(CC)C(CCc1cnn(C)c1)NC. The van der Waals surface area contributed by atoms with E-state index in [1.807, 2.05) is 25.0 Å². The van der Waals surface area contributed by atoms with Crippen molar-refractivity contribution in [3.63, 3.8) is 0 Å². The monoisotopic (exact) mass is 267 g/mol. The van der Waals surface area contributed by atoms with E-state index < -0.39 is 0 Å². The maximum absolute atomic E-state index is 6.09. The molecule has 0 radical (unpaired) electrons. The second-order valence-electron chi connectivity index (χ2n) is 5.11. The minimum Gasteiger partial charge on any atom is -0.374 e. The summed E-state index contributed by atoms with van der Waals surface area (Å²) in [6, 6.07) is 0.377. The fourth-order valence-electron chi connectivity index (χ4n) is 2.92. The first-order chi connectivity index (χ1) is 9.11. The molecule has 0 aliphatic heterocycles. The molecule has 19 heavy (non-hydrogen) atoms. The fourth-order valence-corrected chi connectivity index (χ4v) is 2.92. The van der Waals surface area contributed by atoms with Crippen molar-refractivity contribution < 1.29 is 4.74 Å². The summed E-state index contributed by atoms with van der Waals surface area (Å²) < 4.78 is 7.95. The first-order valence-corrected chi connectivity index (χ1v) is 7.40. The van der Waals surface area contributed by atoms with Crippen LogP contribution in [0.1, 0.15) is 45.6 Å². The van der Waals surface area contributed by atoms with E-state index in [1.54, 1.807) is 0 Å². The minimum atomic E-state index is -0.0499. The first kappa shape index (κ1) is 16.2. The lowest BCUT2D eigenvalue weighted by Gasteiger charge is -2.39. The Morgan fingerprint density at radius 2 is 2.05 bits per heavy atom. The maximum atomic E-state index is 6.09. The van der Waals surface area contributed by atoms with Gasteiger partial charge in [-0.2, -0.15) is 5.10 Å². The summed E-state index contributed by atoms with van der Waals surface area (Å²) in [6.45, 7) is 7.28. The zero-order valence-electron chi connectivity index (χ0n) is 13.1. The van der Waals surface area contributed by atoms with Gasteiger partial charge in [-0.1, -0.05) is 13.8 Å². The summed E-state index contributed by atoms with van der Waals surface area (Å²) in [5.41, 5.74) is 1.24. The van der Waals surface area contributed by atoms with E-state index in [1.165, 1.54) is 5.56 Å². The smallest absolute Gasteiger partial charge is 0.0829 e. The second-order valence-corrected chi connectivity index (χ2v) is 5.11. The number of nitrogens with one attached hydrogen (secondary N) is 1. The highest BCUT2D eigenvalue weighted by Crippen LogP contribution is 2.27. The largest absolute Gasteiger partial charge is 0.374 e. The summed E-state index contributed by atoms with van der Waals surface area (Å²) in [4.78, 5) is 0. The zero-order chi connectivity index (χ0) is 14.3. The number of nitrogens with zero attached hydrogens (tertiary/aromatic N) is 2. The molecule has 4 heteroatoms. The van der Waals surface area contributed by atoms with Gasteiger partial charge in [-0.05, 0) is 45.2 Å². The van der Waals surface area contributed by atoms with Crippen molar-refractivity contribution in [2.24, 2.45) is 7.05 Å². The summed E-state index contributed by atoms with van der Waals surface area (Å²) in [5.74, 6) is 0. The summed E-state index contributed by atoms with van der Waals surface area (Å²) in [7, 11) is 3.99. The van der Waals surface area contributed by atoms with Gasteiger partial charge in [0.2, 0.25) is 0 Å². The normalized spacial score (nSPS) is 13.7. The molecule has 1 atom stereocenters. The van der Waals surface area contributed by atoms with Crippen molar-refractivity contribution in [2.45, 2.75) is 58.1 Å². The predicted molar refractivity (Wildman–Crippen MR) is 79.3 cm³/mol. The molecule has 1 unspecified atom stereocenters. The van der Waals surface area contributed by atoms with Crippen LogP contribution in [0.5, 0.6) is 0 Å². The molecule has 0 saturated carbocycles.